The summed E-state index contributed by atoms with van der Waals surface area (Å²) in [5.74, 6) is 0. The van der Waals surface area contributed by atoms with Gasteiger partial charge >= 0.3 is 6.18 Å². The SMILES string of the molecule is FC(F)(F)c1ccc(-c2c3ccccc3c(Br)c3ccccc23)cc1. The molecule has 25 heavy (non-hydrogen) atoms. The molecule has 124 valence electrons. The van der Waals surface area contributed by atoms with Crippen LogP contribution in [-0.4, -0.2) is 0 Å². The molecule has 0 heterocycles. The van der Waals surface area contributed by atoms with E-state index >= 15 is 0 Å². The van der Waals surface area contributed by atoms with E-state index in [1.54, 1.807) is 12.1 Å². The minimum atomic E-state index is -4.33. The molecule has 0 saturated carbocycles. The van der Waals surface area contributed by atoms with Gasteiger partial charge in [-0.2, -0.15) is 13.2 Å². The Kier molecular flexibility index (Phi) is 3.80. The van der Waals surface area contributed by atoms with Crippen molar-refractivity contribution in [2.45, 2.75) is 6.18 Å². The lowest BCUT2D eigenvalue weighted by Gasteiger charge is -2.15. The quantitative estimate of drug-likeness (QED) is 0.291. The normalized spacial score (nSPS) is 12.0. The summed E-state index contributed by atoms with van der Waals surface area (Å²) in [5.41, 5.74) is 1.08. The van der Waals surface area contributed by atoms with Crippen molar-refractivity contribution in [1.29, 1.82) is 0 Å². The third kappa shape index (κ3) is 2.71. The van der Waals surface area contributed by atoms with E-state index in [1.165, 1.54) is 0 Å². The van der Waals surface area contributed by atoms with Gasteiger partial charge in [0, 0.05) is 4.47 Å². The molecule has 0 spiro atoms. The molecule has 4 aromatic carbocycles. The molecular weight excluding hydrogens is 389 g/mol. The first-order valence-corrected chi connectivity index (χ1v) is 8.52. The first-order valence-electron chi connectivity index (χ1n) is 7.73. The Morgan fingerprint density at radius 1 is 0.600 bits per heavy atom. The summed E-state index contributed by atoms with van der Waals surface area (Å²) in [6.45, 7) is 0. The highest BCUT2D eigenvalue weighted by Crippen LogP contribution is 2.42. The van der Waals surface area contributed by atoms with Crippen LogP contribution in [0.2, 0.25) is 0 Å². The molecule has 0 nitrogen and oxygen atoms in total. The van der Waals surface area contributed by atoms with E-state index in [0.717, 1.165) is 49.3 Å². The van der Waals surface area contributed by atoms with Crippen molar-refractivity contribution in [3.05, 3.63) is 82.8 Å². The largest absolute Gasteiger partial charge is 0.416 e. The first-order chi connectivity index (χ1) is 12.0. The van der Waals surface area contributed by atoms with E-state index in [4.69, 9.17) is 0 Å². The van der Waals surface area contributed by atoms with Gasteiger partial charge in [0.25, 0.3) is 0 Å². The van der Waals surface area contributed by atoms with Crippen LogP contribution in [0.1, 0.15) is 5.56 Å². The monoisotopic (exact) mass is 400 g/mol. The summed E-state index contributed by atoms with van der Waals surface area (Å²) in [5, 5.41) is 4.09. The minimum absolute atomic E-state index is 0.637. The number of benzene rings is 4. The molecule has 0 N–H and O–H groups in total. The molecule has 4 heteroatoms. The topological polar surface area (TPSA) is 0 Å². The summed E-state index contributed by atoms with van der Waals surface area (Å²) in [7, 11) is 0. The summed E-state index contributed by atoms with van der Waals surface area (Å²) < 4.78 is 39.6. The van der Waals surface area contributed by atoms with Crippen molar-refractivity contribution in [3.63, 3.8) is 0 Å². The number of hydrogen-bond acceptors (Lipinski definition) is 0. The lowest BCUT2D eigenvalue weighted by atomic mass is 9.91. The Labute approximate surface area is 151 Å². The Hall–Kier alpha value is -2.33. The average Bonchev–Trinajstić information content (AvgIpc) is 2.62. The Morgan fingerprint density at radius 2 is 1.04 bits per heavy atom. The Balaban J connectivity index is 2.07. The van der Waals surface area contributed by atoms with E-state index in [-0.39, 0.29) is 0 Å². The van der Waals surface area contributed by atoms with Crippen LogP contribution in [0.25, 0.3) is 32.7 Å². The van der Waals surface area contributed by atoms with Gasteiger partial charge in [-0.3, -0.25) is 0 Å². The number of fused-ring (bicyclic) bond motifs is 2. The van der Waals surface area contributed by atoms with Gasteiger partial charge in [-0.1, -0.05) is 60.7 Å². The standard InChI is InChI=1S/C21H12BrF3/c22-20-17-7-3-1-5-15(17)19(16-6-2-4-8-18(16)20)13-9-11-14(12-10-13)21(23,24)25/h1-12H. The maximum Gasteiger partial charge on any atom is 0.416 e. The zero-order chi connectivity index (χ0) is 17.6. The average molecular weight is 401 g/mol. The lowest BCUT2D eigenvalue weighted by Crippen LogP contribution is -2.04. The second-order valence-corrected chi connectivity index (χ2v) is 6.65. The predicted molar refractivity (Wildman–Crippen MR) is 99.6 cm³/mol. The molecule has 0 bridgehead atoms. The van der Waals surface area contributed by atoms with Crippen molar-refractivity contribution in [2.24, 2.45) is 0 Å². The van der Waals surface area contributed by atoms with Crippen molar-refractivity contribution >= 4 is 37.5 Å². The van der Waals surface area contributed by atoms with Crippen molar-refractivity contribution in [3.8, 4) is 11.1 Å². The maximum atomic E-state index is 12.9. The third-order valence-electron chi connectivity index (χ3n) is 4.37. The predicted octanol–water partition coefficient (Wildman–Crippen LogP) is 7.44. The van der Waals surface area contributed by atoms with Gasteiger partial charge < -0.3 is 0 Å². The fourth-order valence-corrected chi connectivity index (χ4v) is 3.90. The van der Waals surface area contributed by atoms with E-state index in [9.17, 15) is 13.2 Å². The van der Waals surface area contributed by atoms with Crippen LogP contribution >= 0.6 is 15.9 Å². The van der Waals surface area contributed by atoms with Crippen molar-refractivity contribution < 1.29 is 13.2 Å². The van der Waals surface area contributed by atoms with Crippen LogP contribution in [-0.2, 0) is 6.18 Å². The number of rotatable bonds is 1. The van der Waals surface area contributed by atoms with Crippen LogP contribution in [0.4, 0.5) is 13.2 Å². The fourth-order valence-electron chi connectivity index (χ4n) is 3.21. The zero-order valence-corrected chi connectivity index (χ0v) is 14.5. The van der Waals surface area contributed by atoms with Crippen molar-refractivity contribution in [2.75, 3.05) is 0 Å². The zero-order valence-electron chi connectivity index (χ0n) is 12.9. The molecule has 4 rings (SSSR count). The molecule has 0 atom stereocenters. The van der Waals surface area contributed by atoms with Gasteiger partial charge in [-0.25, -0.2) is 0 Å². The highest BCUT2D eigenvalue weighted by molar-refractivity contribution is 9.10. The molecule has 4 aromatic rings. The van der Waals surface area contributed by atoms with Gasteiger partial charge in [-0.15, -0.1) is 0 Å². The van der Waals surface area contributed by atoms with Gasteiger partial charge in [0.15, 0.2) is 0 Å². The van der Waals surface area contributed by atoms with Crippen LogP contribution in [0.5, 0.6) is 0 Å². The molecule has 0 radical (unpaired) electrons. The van der Waals surface area contributed by atoms with Gasteiger partial charge in [0.1, 0.15) is 0 Å². The second-order valence-electron chi connectivity index (χ2n) is 5.86. The maximum absolute atomic E-state index is 12.9. The molecule has 0 unspecified atom stereocenters. The Morgan fingerprint density at radius 3 is 1.48 bits per heavy atom. The van der Waals surface area contributed by atoms with Gasteiger partial charge in [0.05, 0.1) is 5.56 Å². The second kappa shape index (κ2) is 5.88. The Bertz CT molecular complexity index is 1020. The number of hydrogen-bond donors (Lipinski definition) is 0. The number of alkyl halides is 3. The third-order valence-corrected chi connectivity index (χ3v) is 5.22. The van der Waals surface area contributed by atoms with Crippen LogP contribution in [0.3, 0.4) is 0 Å². The highest BCUT2D eigenvalue weighted by Gasteiger charge is 2.30. The van der Waals surface area contributed by atoms with E-state index in [2.05, 4.69) is 15.9 Å². The molecule has 0 saturated heterocycles. The minimum Gasteiger partial charge on any atom is -0.166 e. The van der Waals surface area contributed by atoms with E-state index < -0.39 is 11.7 Å². The van der Waals surface area contributed by atoms with Crippen molar-refractivity contribution in [1.82, 2.24) is 0 Å². The summed E-state index contributed by atoms with van der Waals surface area (Å²) in [6.07, 6.45) is -4.33. The van der Waals surface area contributed by atoms with E-state index in [0.29, 0.717) is 0 Å². The molecule has 0 fully saturated rings. The molecular formula is C21H12BrF3. The van der Waals surface area contributed by atoms with Gasteiger partial charge in [-0.05, 0) is 60.7 Å². The molecule has 0 aromatic heterocycles. The van der Waals surface area contributed by atoms with E-state index in [1.807, 2.05) is 48.5 Å². The lowest BCUT2D eigenvalue weighted by molar-refractivity contribution is -0.137. The van der Waals surface area contributed by atoms with Crippen LogP contribution in [0.15, 0.2) is 77.3 Å². The smallest absolute Gasteiger partial charge is 0.166 e. The molecule has 0 aliphatic rings. The summed E-state index contributed by atoms with van der Waals surface area (Å²) in [4.78, 5) is 0. The molecule has 0 amide bonds. The summed E-state index contributed by atoms with van der Waals surface area (Å²) >= 11 is 3.68. The first kappa shape index (κ1) is 16.2. The summed E-state index contributed by atoms with van der Waals surface area (Å²) in [6, 6.07) is 21.2. The highest BCUT2D eigenvalue weighted by atomic mass is 79.9. The number of halogens is 4. The molecule has 0 aliphatic heterocycles. The molecule has 0 aliphatic carbocycles. The van der Waals surface area contributed by atoms with Crippen LogP contribution < -0.4 is 0 Å². The van der Waals surface area contributed by atoms with Gasteiger partial charge in [0.2, 0.25) is 0 Å². The fraction of sp³-hybridized carbons (Fsp3) is 0.0476. The van der Waals surface area contributed by atoms with Crippen LogP contribution in [0, 0.1) is 0 Å².